The molecule has 1 fully saturated rings. The van der Waals surface area contributed by atoms with Crippen molar-refractivity contribution in [1.82, 2.24) is 15.1 Å². The Bertz CT molecular complexity index is 929. The van der Waals surface area contributed by atoms with Gasteiger partial charge in [-0.3, -0.25) is 19.4 Å². The van der Waals surface area contributed by atoms with Gasteiger partial charge in [0.1, 0.15) is 0 Å². The molecule has 9 heteroatoms. The lowest BCUT2D eigenvalue weighted by Crippen LogP contribution is -2.48. The van der Waals surface area contributed by atoms with Crippen molar-refractivity contribution in [3.63, 3.8) is 0 Å². The summed E-state index contributed by atoms with van der Waals surface area (Å²) < 4.78 is 0.949. The summed E-state index contributed by atoms with van der Waals surface area (Å²) >= 11 is 16.0. The second kappa shape index (κ2) is 11.3. The van der Waals surface area contributed by atoms with E-state index in [-0.39, 0.29) is 0 Å². The molecule has 6 nitrogen and oxygen atoms in total. The average Bonchev–Trinajstić information content (AvgIpc) is 2.74. The van der Waals surface area contributed by atoms with E-state index >= 15 is 0 Å². The maximum Gasteiger partial charge on any atom is 0.313 e. The topological polar surface area (TPSA) is 64.7 Å². The molecule has 1 heterocycles. The van der Waals surface area contributed by atoms with Crippen molar-refractivity contribution in [3.8, 4) is 0 Å². The fourth-order valence-electron chi connectivity index (χ4n) is 3.40. The van der Waals surface area contributed by atoms with Crippen molar-refractivity contribution < 1.29 is 9.59 Å². The van der Waals surface area contributed by atoms with Crippen molar-refractivity contribution in [2.45, 2.75) is 13.5 Å². The molecule has 0 aromatic heterocycles. The number of amides is 2. The molecule has 0 unspecified atom stereocenters. The van der Waals surface area contributed by atoms with Crippen LogP contribution >= 0.6 is 39.1 Å². The molecular formula is C22H25BrCl2N4O2. The second-order valence-electron chi connectivity index (χ2n) is 7.49. The van der Waals surface area contributed by atoms with Gasteiger partial charge in [0, 0.05) is 71.6 Å². The normalized spacial score (nSPS) is 15.0. The molecule has 2 aromatic carbocycles. The predicted octanol–water partition coefficient (Wildman–Crippen LogP) is 3.94. The first-order valence-electron chi connectivity index (χ1n) is 10.1. The number of rotatable bonds is 6. The molecule has 166 valence electrons. The summed E-state index contributed by atoms with van der Waals surface area (Å²) in [5.74, 6) is -1.30. The molecule has 3 rings (SSSR count). The highest BCUT2D eigenvalue weighted by molar-refractivity contribution is 9.10. The highest BCUT2D eigenvalue weighted by Crippen LogP contribution is 2.26. The third kappa shape index (κ3) is 6.92. The van der Waals surface area contributed by atoms with Gasteiger partial charge in [-0.1, -0.05) is 45.2 Å². The minimum atomic E-state index is -0.664. The van der Waals surface area contributed by atoms with Crippen LogP contribution in [0.2, 0.25) is 10.0 Å². The van der Waals surface area contributed by atoms with Crippen LogP contribution < -0.4 is 10.6 Å². The van der Waals surface area contributed by atoms with E-state index in [9.17, 15) is 9.59 Å². The number of carbonyl (C=O) groups is 2. The fraction of sp³-hybridized carbons (Fsp3) is 0.364. The van der Waals surface area contributed by atoms with Gasteiger partial charge in [0.2, 0.25) is 0 Å². The van der Waals surface area contributed by atoms with Gasteiger partial charge >= 0.3 is 11.8 Å². The Kier molecular flexibility index (Phi) is 8.75. The van der Waals surface area contributed by atoms with E-state index in [0.29, 0.717) is 28.8 Å². The van der Waals surface area contributed by atoms with Crippen molar-refractivity contribution in [2.75, 3.05) is 44.6 Å². The van der Waals surface area contributed by atoms with Gasteiger partial charge in [0.05, 0.1) is 0 Å². The lowest BCUT2D eigenvalue weighted by molar-refractivity contribution is -0.136. The number of hydrogen-bond donors (Lipinski definition) is 2. The summed E-state index contributed by atoms with van der Waals surface area (Å²) in [7, 11) is 0. The molecule has 1 aliphatic rings. The summed E-state index contributed by atoms with van der Waals surface area (Å²) in [6, 6.07) is 11.0. The molecule has 0 spiro atoms. The molecule has 0 radical (unpaired) electrons. The number of nitrogens with one attached hydrogen (secondary N) is 2. The zero-order chi connectivity index (χ0) is 22.4. The van der Waals surface area contributed by atoms with E-state index in [0.717, 1.165) is 48.3 Å². The first-order chi connectivity index (χ1) is 14.8. The van der Waals surface area contributed by atoms with Crippen molar-refractivity contribution >= 4 is 56.6 Å². The predicted molar refractivity (Wildman–Crippen MR) is 129 cm³/mol. The third-order valence-corrected chi connectivity index (χ3v) is 6.84. The van der Waals surface area contributed by atoms with Crippen LogP contribution in [0.1, 0.15) is 11.1 Å². The van der Waals surface area contributed by atoms with Crippen LogP contribution in [-0.4, -0.2) is 60.9 Å². The van der Waals surface area contributed by atoms with Gasteiger partial charge in [0.15, 0.2) is 0 Å². The van der Waals surface area contributed by atoms with Crippen LogP contribution in [0.5, 0.6) is 0 Å². The quantitative estimate of drug-likeness (QED) is 0.558. The van der Waals surface area contributed by atoms with Crippen LogP contribution in [0.15, 0.2) is 40.9 Å². The highest BCUT2D eigenvalue weighted by atomic mass is 79.9. The van der Waals surface area contributed by atoms with Crippen molar-refractivity contribution in [1.29, 1.82) is 0 Å². The number of aryl methyl sites for hydroxylation is 1. The molecule has 2 amide bonds. The van der Waals surface area contributed by atoms with Crippen LogP contribution in [0.3, 0.4) is 0 Å². The fourth-order valence-corrected chi connectivity index (χ4v) is 4.16. The summed E-state index contributed by atoms with van der Waals surface area (Å²) in [5.41, 5.74) is 2.53. The Morgan fingerprint density at radius 1 is 1.00 bits per heavy atom. The summed E-state index contributed by atoms with van der Waals surface area (Å²) in [4.78, 5) is 28.7. The summed E-state index contributed by atoms with van der Waals surface area (Å²) in [6.45, 7) is 7.28. The van der Waals surface area contributed by atoms with Crippen molar-refractivity contribution in [2.24, 2.45) is 0 Å². The van der Waals surface area contributed by atoms with Crippen LogP contribution in [0.4, 0.5) is 5.69 Å². The molecule has 0 saturated carbocycles. The van der Waals surface area contributed by atoms with E-state index in [1.165, 1.54) is 0 Å². The van der Waals surface area contributed by atoms with E-state index in [4.69, 9.17) is 23.2 Å². The Morgan fingerprint density at radius 2 is 1.65 bits per heavy atom. The first-order valence-corrected chi connectivity index (χ1v) is 11.6. The molecular weight excluding hydrogens is 503 g/mol. The van der Waals surface area contributed by atoms with Gasteiger partial charge in [-0.05, 0) is 42.8 Å². The van der Waals surface area contributed by atoms with Gasteiger partial charge in [-0.25, -0.2) is 0 Å². The molecule has 1 aliphatic heterocycles. The van der Waals surface area contributed by atoms with Gasteiger partial charge < -0.3 is 10.6 Å². The molecule has 2 N–H and O–H groups in total. The number of carbonyl (C=O) groups excluding carboxylic acids is 2. The molecule has 0 bridgehead atoms. The van der Waals surface area contributed by atoms with Gasteiger partial charge in [0.25, 0.3) is 0 Å². The second-order valence-corrected chi connectivity index (χ2v) is 9.16. The maximum atomic E-state index is 12.1. The van der Waals surface area contributed by atoms with E-state index < -0.39 is 11.8 Å². The maximum absolute atomic E-state index is 12.1. The standard InChI is InChI=1S/C22H25BrCl2N4O2/c1-15-13-16(5-6-18(15)23)27-22(31)21(30)26-7-8-28-9-11-29(12-10-28)14-17-19(24)3-2-4-20(17)25/h2-6,13H,7-12,14H2,1H3,(H,26,30)(H,27,31). The average molecular weight is 528 g/mol. The summed E-state index contributed by atoms with van der Waals surface area (Å²) in [5, 5.41) is 6.69. The van der Waals surface area contributed by atoms with Crippen molar-refractivity contribution in [3.05, 3.63) is 62.0 Å². The first kappa shape index (κ1) is 24.0. The Morgan fingerprint density at radius 3 is 2.29 bits per heavy atom. The monoisotopic (exact) mass is 526 g/mol. The number of benzene rings is 2. The van der Waals surface area contributed by atoms with Gasteiger partial charge in [-0.15, -0.1) is 0 Å². The molecule has 2 aromatic rings. The number of halogens is 3. The summed E-state index contributed by atoms with van der Waals surface area (Å²) in [6.07, 6.45) is 0. The number of piperazine rings is 1. The Labute approximate surface area is 201 Å². The van der Waals surface area contributed by atoms with E-state index in [2.05, 4.69) is 36.4 Å². The van der Waals surface area contributed by atoms with Crippen LogP contribution in [0.25, 0.3) is 0 Å². The zero-order valence-electron chi connectivity index (χ0n) is 17.3. The highest BCUT2D eigenvalue weighted by Gasteiger charge is 2.19. The Hall–Kier alpha value is -1.64. The number of hydrogen-bond acceptors (Lipinski definition) is 4. The minimum Gasteiger partial charge on any atom is -0.347 e. The third-order valence-electron chi connectivity index (χ3n) is 5.24. The lowest BCUT2D eigenvalue weighted by Gasteiger charge is -2.35. The molecule has 0 atom stereocenters. The minimum absolute atomic E-state index is 0.419. The van der Waals surface area contributed by atoms with Crippen LogP contribution in [0, 0.1) is 6.92 Å². The number of anilines is 1. The number of nitrogens with zero attached hydrogens (tertiary/aromatic N) is 2. The molecule has 1 saturated heterocycles. The van der Waals surface area contributed by atoms with E-state index in [1.54, 1.807) is 6.07 Å². The van der Waals surface area contributed by atoms with E-state index in [1.807, 2.05) is 37.3 Å². The largest absolute Gasteiger partial charge is 0.347 e. The van der Waals surface area contributed by atoms with Crippen LogP contribution in [-0.2, 0) is 16.1 Å². The van der Waals surface area contributed by atoms with Gasteiger partial charge in [-0.2, -0.15) is 0 Å². The molecule has 31 heavy (non-hydrogen) atoms. The zero-order valence-corrected chi connectivity index (χ0v) is 20.4. The smallest absolute Gasteiger partial charge is 0.313 e. The lowest BCUT2D eigenvalue weighted by atomic mass is 10.2. The SMILES string of the molecule is Cc1cc(NC(=O)C(=O)NCCN2CCN(Cc3c(Cl)cccc3Cl)CC2)ccc1Br. The Balaban J connectivity index is 1.37. The molecule has 0 aliphatic carbocycles.